The molecule has 0 amide bonds. The van der Waals surface area contributed by atoms with Gasteiger partial charge in [0.25, 0.3) is 5.56 Å². The van der Waals surface area contributed by atoms with Crippen molar-refractivity contribution in [1.29, 1.82) is 0 Å². The number of fused-ring (bicyclic) bond motifs is 1. The van der Waals surface area contributed by atoms with E-state index in [1.54, 1.807) is 12.1 Å². The number of Topliss-reactive ketones (excluding diaryl/α,β-unsaturated/α-hetero) is 1. The molecular weight excluding hydrogens is 508 g/mol. The first-order valence-corrected chi connectivity index (χ1v) is 10.7. The molecule has 0 aliphatic rings. The lowest BCUT2D eigenvalue weighted by Crippen LogP contribution is -2.21. The third kappa shape index (κ3) is 3.82. The number of hydrogen-bond donors (Lipinski definition) is 1. The number of nitrogens with zero attached hydrogens (tertiary/aromatic N) is 3. The molecule has 0 aliphatic carbocycles. The van der Waals surface area contributed by atoms with Crippen LogP contribution < -0.4 is 5.56 Å². The summed E-state index contributed by atoms with van der Waals surface area (Å²) in [6.07, 6.45) is 1.46. The Morgan fingerprint density at radius 2 is 1.68 bits per heavy atom. The molecule has 0 spiro atoms. The zero-order valence-electron chi connectivity index (χ0n) is 14.2. The molecule has 0 radical (unpaired) electrons. The standard InChI is InChI=1S/C19H12Br2N4O2S/c20-12-3-1-11(2-4-12)16(26)10-28-19-23-17-15(9-22-24-17)18(27)25(19)14-7-5-13(21)6-8-14/h1-9H,10H2,(H,22,24). The number of carbonyl (C=O) groups is 1. The van der Waals surface area contributed by atoms with E-state index in [1.165, 1.54) is 22.5 Å². The summed E-state index contributed by atoms with van der Waals surface area (Å²) < 4.78 is 3.32. The molecular formula is C19H12Br2N4O2S. The molecule has 0 saturated heterocycles. The van der Waals surface area contributed by atoms with Gasteiger partial charge in [-0.3, -0.25) is 19.3 Å². The first kappa shape index (κ1) is 19.1. The molecule has 0 saturated carbocycles. The summed E-state index contributed by atoms with van der Waals surface area (Å²) in [5.41, 5.74) is 1.44. The third-order valence-corrected chi connectivity index (χ3v) is 6.03. The lowest BCUT2D eigenvalue weighted by Gasteiger charge is -2.11. The molecule has 0 aliphatic heterocycles. The number of aromatic nitrogens is 4. The molecule has 1 N–H and O–H groups in total. The third-order valence-electron chi connectivity index (χ3n) is 4.03. The topological polar surface area (TPSA) is 80.6 Å². The highest BCUT2D eigenvalue weighted by atomic mass is 79.9. The molecule has 4 aromatic rings. The number of aromatic amines is 1. The Morgan fingerprint density at radius 3 is 2.36 bits per heavy atom. The van der Waals surface area contributed by atoms with Crippen LogP contribution in [-0.4, -0.2) is 31.3 Å². The summed E-state index contributed by atoms with van der Waals surface area (Å²) >= 11 is 7.98. The second-order valence-corrected chi connectivity index (χ2v) is 8.64. The molecule has 28 heavy (non-hydrogen) atoms. The monoisotopic (exact) mass is 518 g/mol. The van der Waals surface area contributed by atoms with Gasteiger partial charge in [0, 0.05) is 14.5 Å². The zero-order chi connectivity index (χ0) is 19.7. The minimum absolute atomic E-state index is 0.0428. The van der Waals surface area contributed by atoms with Crippen LogP contribution in [0.2, 0.25) is 0 Å². The SMILES string of the molecule is O=C(CSc1nc2[nH]ncc2c(=O)n1-c1ccc(Br)cc1)c1ccc(Br)cc1. The highest BCUT2D eigenvalue weighted by molar-refractivity contribution is 9.10. The molecule has 140 valence electrons. The van der Waals surface area contributed by atoms with Crippen LogP contribution in [0.5, 0.6) is 0 Å². The van der Waals surface area contributed by atoms with Gasteiger partial charge in [-0.15, -0.1) is 0 Å². The van der Waals surface area contributed by atoms with Crippen LogP contribution in [0.15, 0.2) is 73.6 Å². The van der Waals surface area contributed by atoms with Crippen LogP contribution >= 0.6 is 43.6 Å². The number of H-pyrrole nitrogens is 1. The van der Waals surface area contributed by atoms with Crippen molar-refractivity contribution in [3.05, 3.63) is 79.6 Å². The van der Waals surface area contributed by atoms with Gasteiger partial charge in [-0.25, -0.2) is 4.98 Å². The van der Waals surface area contributed by atoms with Gasteiger partial charge >= 0.3 is 0 Å². The highest BCUT2D eigenvalue weighted by Crippen LogP contribution is 2.23. The minimum atomic E-state index is -0.236. The van der Waals surface area contributed by atoms with E-state index < -0.39 is 0 Å². The summed E-state index contributed by atoms with van der Waals surface area (Å²) in [4.78, 5) is 30.0. The molecule has 6 nitrogen and oxygen atoms in total. The Hall–Kier alpha value is -2.23. The van der Waals surface area contributed by atoms with Crippen molar-refractivity contribution in [1.82, 2.24) is 19.7 Å². The number of benzene rings is 2. The lowest BCUT2D eigenvalue weighted by atomic mass is 10.2. The van der Waals surface area contributed by atoms with Gasteiger partial charge in [0.2, 0.25) is 0 Å². The highest BCUT2D eigenvalue weighted by Gasteiger charge is 2.16. The van der Waals surface area contributed by atoms with E-state index in [1.807, 2.05) is 36.4 Å². The van der Waals surface area contributed by atoms with Gasteiger partial charge < -0.3 is 0 Å². The van der Waals surface area contributed by atoms with E-state index >= 15 is 0 Å². The van der Waals surface area contributed by atoms with Gasteiger partial charge in [0.15, 0.2) is 16.6 Å². The number of thioether (sulfide) groups is 1. The second kappa shape index (κ2) is 8.02. The summed E-state index contributed by atoms with van der Waals surface area (Å²) in [5.74, 6) is 0.114. The number of rotatable bonds is 5. The van der Waals surface area contributed by atoms with Crippen molar-refractivity contribution >= 4 is 60.4 Å². The Balaban J connectivity index is 1.72. The summed E-state index contributed by atoms with van der Waals surface area (Å²) in [6.45, 7) is 0. The Labute approximate surface area is 180 Å². The smallest absolute Gasteiger partial charge is 0.269 e. The largest absolute Gasteiger partial charge is 0.293 e. The zero-order valence-corrected chi connectivity index (χ0v) is 18.2. The molecule has 0 unspecified atom stereocenters. The average molecular weight is 520 g/mol. The maximum atomic E-state index is 13.0. The summed E-state index contributed by atoms with van der Waals surface area (Å²) in [6, 6.07) is 14.5. The van der Waals surface area contributed by atoms with Gasteiger partial charge in [-0.1, -0.05) is 55.8 Å². The van der Waals surface area contributed by atoms with Crippen molar-refractivity contribution in [3.8, 4) is 5.69 Å². The normalized spacial score (nSPS) is 11.1. The summed E-state index contributed by atoms with van der Waals surface area (Å²) in [7, 11) is 0. The minimum Gasteiger partial charge on any atom is -0.293 e. The first-order valence-electron chi connectivity index (χ1n) is 8.16. The predicted molar refractivity (Wildman–Crippen MR) is 116 cm³/mol. The van der Waals surface area contributed by atoms with Crippen molar-refractivity contribution in [2.75, 3.05) is 5.75 Å². The van der Waals surface area contributed by atoms with Crippen molar-refractivity contribution in [2.24, 2.45) is 0 Å². The number of carbonyl (C=O) groups excluding carboxylic acids is 1. The number of hydrogen-bond acceptors (Lipinski definition) is 5. The molecule has 4 rings (SSSR count). The van der Waals surface area contributed by atoms with Crippen LogP contribution in [0.25, 0.3) is 16.7 Å². The van der Waals surface area contributed by atoms with E-state index in [0.717, 1.165) is 8.95 Å². The molecule has 0 fully saturated rings. The molecule has 9 heteroatoms. The molecule has 2 heterocycles. The maximum absolute atomic E-state index is 13.0. The van der Waals surface area contributed by atoms with Gasteiger partial charge in [-0.05, 0) is 36.4 Å². The van der Waals surface area contributed by atoms with E-state index in [9.17, 15) is 9.59 Å². The van der Waals surface area contributed by atoms with Crippen LogP contribution in [0.1, 0.15) is 10.4 Å². The Kier molecular flexibility index (Phi) is 5.47. The van der Waals surface area contributed by atoms with E-state index in [0.29, 0.717) is 27.4 Å². The maximum Gasteiger partial charge on any atom is 0.269 e. The fraction of sp³-hybridized carbons (Fsp3) is 0.0526. The number of halogens is 2. The molecule has 0 bridgehead atoms. The fourth-order valence-corrected chi connectivity index (χ4v) is 4.07. The van der Waals surface area contributed by atoms with Gasteiger partial charge in [0.05, 0.1) is 17.6 Å². The quantitative estimate of drug-likeness (QED) is 0.236. The molecule has 2 aromatic heterocycles. The van der Waals surface area contributed by atoms with E-state index in [2.05, 4.69) is 47.0 Å². The van der Waals surface area contributed by atoms with E-state index in [4.69, 9.17) is 0 Å². The van der Waals surface area contributed by atoms with Crippen molar-refractivity contribution < 1.29 is 4.79 Å². The first-order chi connectivity index (χ1) is 13.5. The van der Waals surface area contributed by atoms with Crippen molar-refractivity contribution in [2.45, 2.75) is 5.16 Å². The van der Waals surface area contributed by atoms with Crippen LogP contribution in [-0.2, 0) is 0 Å². The predicted octanol–water partition coefficient (Wildman–Crippen LogP) is 4.61. The van der Waals surface area contributed by atoms with Crippen LogP contribution in [0.3, 0.4) is 0 Å². The molecule has 0 atom stereocenters. The Bertz CT molecular complexity index is 1220. The number of nitrogens with one attached hydrogen (secondary N) is 1. The van der Waals surface area contributed by atoms with Crippen LogP contribution in [0.4, 0.5) is 0 Å². The van der Waals surface area contributed by atoms with E-state index in [-0.39, 0.29) is 17.1 Å². The lowest BCUT2D eigenvalue weighted by molar-refractivity contribution is 0.102. The number of ketones is 1. The average Bonchev–Trinajstić information content (AvgIpc) is 3.17. The molecule has 2 aromatic carbocycles. The van der Waals surface area contributed by atoms with Crippen molar-refractivity contribution in [3.63, 3.8) is 0 Å². The fourth-order valence-electron chi connectivity index (χ4n) is 2.64. The Morgan fingerprint density at radius 1 is 1.04 bits per heavy atom. The van der Waals surface area contributed by atoms with Gasteiger partial charge in [-0.2, -0.15) is 5.10 Å². The van der Waals surface area contributed by atoms with Crippen LogP contribution in [0, 0.1) is 0 Å². The van der Waals surface area contributed by atoms with Gasteiger partial charge in [0.1, 0.15) is 5.39 Å². The summed E-state index contributed by atoms with van der Waals surface area (Å²) in [5, 5.41) is 7.46. The second-order valence-electron chi connectivity index (χ2n) is 5.86.